The third-order valence-electron chi connectivity index (χ3n) is 3.56. The van der Waals surface area contributed by atoms with Gasteiger partial charge in [-0.05, 0) is 24.8 Å². The van der Waals surface area contributed by atoms with Gasteiger partial charge in [-0.2, -0.15) is 0 Å². The van der Waals surface area contributed by atoms with Gasteiger partial charge in [0.15, 0.2) is 0 Å². The van der Waals surface area contributed by atoms with Gasteiger partial charge >= 0.3 is 0 Å². The predicted molar refractivity (Wildman–Crippen MR) is 83.6 cm³/mol. The number of carbonyl (C=O) groups excluding carboxylic acids is 1. The number of carbonyl (C=O) groups is 1. The van der Waals surface area contributed by atoms with E-state index in [-0.39, 0.29) is 17.3 Å². The van der Waals surface area contributed by atoms with E-state index < -0.39 is 4.92 Å². The lowest BCUT2D eigenvalue weighted by molar-refractivity contribution is -0.384. The molecular weight excluding hydrogens is 270 g/mol. The van der Waals surface area contributed by atoms with Crippen molar-refractivity contribution in [3.8, 4) is 0 Å². The van der Waals surface area contributed by atoms with Gasteiger partial charge in [-0.25, -0.2) is 0 Å². The van der Waals surface area contributed by atoms with E-state index in [1.54, 1.807) is 6.07 Å². The Morgan fingerprint density at radius 2 is 2.00 bits per heavy atom. The van der Waals surface area contributed by atoms with Crippen molar-refractivity contribution in [2.45, 2.75) is 27.7 Å². The summed E-state index contributed by atoms with van der Waals surface area (Å²) < 4.78 is 0. The minimum Gasteiger partial charge on any atom is -0.379 e. The second-order valence-electron chi connectivity index (χ2n) is 5.42. The number of benzene rings is 1. The van der Waals surface area contributed by atoms with Crippen LogP contribution in [-0.2, 0) is 0 Å². The third-order valence-corrected chi connectivity index (χ3v) is 3.56. The summed E-state index contributed by atoms with van der Waals surface area (Å²) >= 11 is 0. The number of anilines is 1. The summed E-state index contributed by atoms with van der Waals surface area (Å²) in [6.07, 6.45) is 0. The first-order valence-electron chi connectivity index (χ1n) is 7.17. The van der Waals surface area contributed by atoms with Gasteiger partial charge in [-0.1, -0.05) is 26.8 Å². The second-order valence-corrected chi connectivity index (χ2v) is 5.42. The molecular formula is C15H23N3O3. The van der Waals surface area contributed by atoms with Crippen LogP contribution >= 0.6 is 0 Å². The van der Waals surface area contributed by atoms with E-state index in [4.69, 9.17) is 0 Å². The molecule has 2 N–H and O–H groups in total. The first kappa shape index (κ1) is 16.9. The van der Waals surface area contributed by atoms with Gasteiger partial charge in [0, 0.05) is 19.2 Å². The monoisotopic (exact) mass is 293 g/mol. The van der Waals surface area contributed by atoms with Crippen molar-refractivity contribution in [1.82, 2.24) is 5.32 Å². The molecule has 1 rings (SSSR count). The molecule has 0 aliphatic rings. The Morgan fingerprint density at radius 3 is 2.52 bits per heavy atom. The number of nitrogens with zero attached hydrogens (tertiary/aromatic N) is 1. The highest BCUT2D eigenvalue weighted by Crippen LogP contribution is 2.28. The van der Waals surface area contributed by atoms with E-state index in [0.717, 1.165) is 0 Å². The van der Waals surface area contributed by atoms with Crippen LogP contribution in [0, 0.1) is 22.0 Å². The normalized spacial score (nSPS) is 12.0. The van der Waals surface area contributed by atoms with Gasteiger partial charge in [0.2, 0.25) is 0 Å². The smallest absolute Gasteiger partial charge is 0.293 e. The first-order chi connectivity index (χ1) is 9.88. The number of hydrogen-bond donors (Lipinski definition) is 2. The standard InChI is InChI=1S/C15H23N3O3/c1-5-16-14-12(7-6-8-13(14)18(20)21)15(19)17-9-11(4)10(2)3/h6-8,10-11,16H,5,9H2,1-4H3,(H,17,19). The van der Waals surface area contributed by atoms with Crippen molar-refractivity contribution in [2.75, 3.05) is 18.4 Å². The molecule has 0 radical (unpaired) electrons. The number of nitrogens with one attached hydrogen (secondary N) is 2. The van der Waals surface area contributed by atoms with Crippen molar-refractivity contribution >= 4 is 17.3 Å². The van der Waals surface area contributed by atoms with Gasteiger partial charge in [-0.15, -0.1) is 0 Å². The molecule has 6 heteroatoms. The highest BCUT2D eigenvalue weighted by molar-refractivity contribution is 6.01. The maximum atomic E-state index is 12.3. The number of rotatable bonds is 7. The fraction of sp³-hybridized carbons (Fsp3) is 0.533. The van der Waals surface area contributed by atoms with Gasteiger partial charge < -0.3 is 10.6 Å². The SMILES string of the molecule is CCNc1c(C(=O)NCC(C)C(C)C)cccc1[N+](=O)[O-]. The van der Waals surface area contributed by atoms with Crippen LogP contribution in [0.2, 0.25) is 0 Å². The molecule has 0 heterocycles. The summed E-state index contributed by atoms with van der Waals surface area (Å²) in [5.41, 5.74) is 0.503. The van der Waals surface area contributed by atoms with Crippen LogP contribution < -0.4 is 10.6 Å². The Bertz CT molecular complexity index is 515. The van der Waals surface area contributed by atoms with Crippen LogP contribution in [0.1, 0.15) is 38.1 Å². The molecule has 1 aromatic rings. The Balaban J connectivity index is 2.98. The number of para-hydroxylation sites is 1. The molecule has 0 aliphatic heterocycles. The summed E-state index contributed by atoms with van der Waals surface area (Å²) in [4.78, 5) is 22.8. The van der Waals surface area contributed by atoms with Crippen molar-refractivity contribution in [1.29, 1.82) is 0 Å². The van der Waals surface area contributed by atoms with Crippen molar-refractivity contribution in [3.05, 3.63) is 33.9 Å². The molecule has 1 aromatic carbocycles. The fourth-order valence-corrected chi connectivity index (χ4v) is 1.83. The van der Waals surface area contributed by atoms with Crippen LogP contribution in [0.15, 0.2) is 18.2 Å². The summed E-state index contributed by atoms with van der Waals surface area (Å²) in [5, 5.41) is 16.8. The van der Waals surface area contributed by atoms with Gasteiger partial charge in [-0.3, -0.25) is 14.9 Å². The van der Waals surface area contributed by atoms with Crippen LogP contribution in [0.4, 0.5) is 11.4 Å². The van der Waals surface area contributed by atoms with Crippen molar-refractivity contribution in [3.63, 3.8) is 0 Å². The first-order valence-corrected chi connectivity index (χ1v) is 7.17. The Hall–Kier alpha value is -2.11. The Morgan fingerprint density at radius 1 is 1.33 bits per heavy atom. The minimum atomic E-state index is -0.481. The van der Waals surface area contributed by atoms with E-state index in [1.807, 2.05) is 6.92 Å². The highest BCUT2D eigenvalue weighted by Gasteiger charge is 2.21. The van der Waals surface area contributed by atoms with Crippen LogP contribution in [0.25, 0.3) is 0 Å². The zero-order chi connectivity index (χ0) is 16.0. The van der Waals surface area contributed by atoms with Gasteiger partial charge in [0.1, 0.15) is 5.69 Å². The maximum Gasteiger partial charge on any atom is 0.293 e. The minimum absolute atomic E-state index is 0.0820. The summed E-state index contributed by atoms with van der Waals surface area (Å²) in [6.45, 7) is 9.13. The number of nitro groups is 1. The number of nitro benzene ring substituents is 1. The molecule has 0 aromatic heterocycles. The number of amides is 1. The maximum absolute atomic E-state index is 12.3. The lowest BCUT2D eigenvalue weighted by atomic mass is 9.98. The fourth-order valence-electron chi connectivity index (χ4n) is 1.83. The molecule has 116 valence electrons. The molecule has 6 nitrogen and oxygen atoms in total. The highest BCUT2D eigenvalue weighted by atomic mass is 16.6. The van der Waals surface area contributed by atoms with E-state index in [0.29, 0.717) is 30.5 Å². The van der Waals surface area contributed by atoms with Crippen LogP contribution in [-0.4, -0.2) is 23.9 Å². The van der Waals surface area contributed by atoms with E-state index in [9.17, 15) is 14.9 Å². The molecule has 1 unspecified atom stereocenters. The predicted octanol–water partition coefficient (Wildman–Crippen LogP) is 3.05. The van der Waals surface area contributed by atoms with E-state index >= 15 is 0 Å². The molecule has 0 bridgehead atoms. The average molecular weight is 293 g/mol. The largest absolute Gasteiger partial charge is 0.379 e. The molecule has 1 amide bonds. The Kier molecular flexibility index (Phi) is 6.14. The second kappa shape index (κ2) is 7.61. The molecule has 0 spiro atoms. The number of hydrogen-bond acceptors (Lipinski definition) is 4. The van der Waals surface area contributed by atoms with Crippen LogP contribution in [0.5, 0.6) is 0 Å². The lowest BCUT2D eigenvalue weighted by Crippen LogP contribution is -2.30. The average Bonchev–Trinajstić information content (AvgIpc) is 2.44. The van der Waals surface area contributed by atoms with Gasteiger partial charge in [0.05, 0.1) is 10.5 Å². The van der Waals surface area contributed by atoms with Crippen LogP contribution in [0.3, 0.4) is 0 Å². The molecule has 21 heavy (non-hydrogen) atoms. The zero-order valence-electron chi connectivity index (χ0n) is 13.0. The zero-order valence-corrected chi connectivity index (χ0v) is 13.0. The summed E-state index contributed by atoms with van der Waals surface area (Å²) in [6, 6.07) is 4.52. The molecule has 1 atom stereocenters. The van der Waals surface area contributed by atoms with Crippen molar-refractivity contribution in [2.24, 2.45) is 11.8 Å². The summed E-state index contributed by atoms with van der Waals surface area (Å²) in [7, 11) is 0. The van der Waals surface area contributed by atoms with E-state index in [1.165, 1.54) is 12.1 Å². The molecule has 0 saturated carbocycles. The summed E-state index contributed by atoms with van der Waals surface area (Å²) in [5.74, 6) is 0.515. The van der Waals surface area contributed by atoms with E-state index in [2.05, 4.69) is 31.4 Å². The van der Waals surface area contributed by atoms with Gasteiger partial charge in [0.25, 0.3) is 11.6 Å². The topological polar surface area (TPSA) is 84.3 Å². The molecule has 0 aliphatic carbocycles. The third kappa shape index (κ3) is 4.44. The quantitative estimate of drug-likeness (QED) is 0.597. The lowest BCUT2D eigenvalue weighted by Gasteiger charge is -2.17. The molecule has 0 fully saturated rings. The Labute approximate surface area is 125 Å². The molecule has 0 saturated heterocycles. The van der Waals surface area contributed by atoms with Crippen molar-refractivity contribution < 1.29 is 9.72 Å².